The number of hydrogen-bond acceptors (Lipinski definition) is 4. The van der Waals surface area contributed by atoms with Crippen LogP contribution >= 0.6 is 33.9 Å². The lowest BCUT2D eigenvalue weighted by atomic mass is 9.95. The fourth-order valence-corrected chi connectivity index (χ4v) is 7.05. The molecule has 0 unspecified atom stereocenters. The van der Waals surface area contributed by atoms with Gasteiger partial charge in [0.25, 0.3) is 0 Å². The number of rotatable bonds is 5. The molecule has 0 fully saturated rings. The number of aryl methyl sites for hydroxylation is 4. The average Bonchev–Trinajstić information content (AvgIpc) is 3.37. The Morgan fingerprint density at radius 3 is 2.00 bits per heavy atom. The molecular formula is C36H29IN2OS. The van der Waals surface area contributed by atoms with Crippen molar-refractivity contribution in [2.24, 2.45) is 4.99 Å². The number of fused-ring (bicyclic) bond motifs is 1. The van der Waals surface area contributed by atoms with Crippen LogP contribution in [0.2, 0.25) is 0 Å². The van der Waals surface area contributed by atoms with Crippen molar-refractivity contribution in [2.45, 2.75) is 27.7 Å². The SMILES string of the molecule is Cc1cc(C)cc(-c2ccc(-c3cc(C)cc(C)c3)c3sc(-c4ccccc4N=Cc4cc(I)ccc4O)nc23)c1. The third kappa shape index (κ3) is 5.69. The Hall–Kier alpha value is -3.81. The molecule has 0 aliphatic heterocycles. The Kier molecular flexibility index (Phi) is 7.49. The van der Waals surface area contributed by atoms with E-state index in [1.807, 2.05) is 30.3 Å². The Balaban J connectivity index is 1.56. The van der Waals surface area contributed by atoms with Gasteiger partial charge < -0.3 is 5.11 Å². The zero-order valence-electron chi connectivity index (χ0n) is 23.4. The lowest BCUT2D eigenvalue weighted by Gasteiger charge is -2.10. The predicted octanol–water partition coefficient (Wildman–Crippen LogP) is 10.6. The molecule has 0 radical (unpaired) electrons. The van der Waals surface area contributed by atoms with Crippen LogP contribution in [-0.4, -0.2) is 16.3 Å². The molecule has 3 nitrogen and oxygen atoms in total. The molecule has 1 aromatic heterocycles. The Labute approximate surface area is 258 Å². The Morgan fingerprint density at radius 2 is 1.32 bits per heavy atom. The van der Waals surface area contributed by atoms with Crippen LogP contribution in [-0.2, 0) is 0 Å². The highest BCUT2D eigenvalue weighted by Gasteiger charge is 2.18. The van der Waals surface area contributed by atoms with Crippen LogP contribution in [0.5, 0.6) is 5.75 Å². The molecule has 0 saturated carbocycles. The van der Waals surface area contributed by atoms with Crippen molar-refractivity contribution in [3.63, 3.8) is 0 Å². The number of hydrogen-bond donors (Lipinski definition) is 1. The molecule has 202 valence electrons. The summed E-state index contributed by atoms with van der Waals surface area (Å²) in [6.07, 6.45) is 1.73. The summed E-state index contributed by atoms with van der Waals surface area (Å²) in [5, 5.41) is 11.3. The summed E-state index contributed by atoms with van der Waals surface area (Å²) < 4.78 is 2.20. The van der Waals surface area contributed by atoms with Crippen LogP contribution in [0.4, 0.5) is 5.69 Å². The minimum Gasteiger partial charge on any atom is -0.507 e. The number of aromatic hydroxyl groups is 1. The smallest absolute Gasteiger partial charge is 0.126 e. The van der Waals surface area contributed by atoms with Gasteiger partial charge in [-0.25, -0.2) is 4.98 Å². The van der Waals surface area contributed by atoms with Gasteiger partial charge in [-0.3, -0.25) is 4.99 Å². The quantitative estimate of drug-likeness (QED) is 0.147. The Bertz CT molecular complexity index is 1840. The fourth-order valence-electron chi connectivity index (χ4n) is 5.38. The fraction of sp³-hybridized carbons (Fsp3) is 0.111. The number of nitrogens with zero attached hydrogens (tertiary/aromatic N) is 2. The van der Waals surface area contributed by atoms with E-state index in [0.29, 0.717) is 5.56 Å². The van der Waals surface area contributed by atoms with Crippen molar-refractivity contribution < 1.29 is 5.11 Å². The van der Waals surface area contributed by atoms with Crippen LogP contribution in [0.15, 0.2) is 96.0 Å². The zero-order valence-corrected chi connectivity index (χ0v) is 26.3. The van der Waals surface area contributed by atoms with E-state index in [0.717, 1.165) is 35.6 Å². The van der Waals surface area contributed by atoms with Crippen molar-refractivity contribution >= 4 is 56.0 Å². The highest BCUT2D eigenvalue weighted by atomic mass is 127. The van der Waals surface area contributed by atoms with E-state index >= 15 is 0 Å². The number of benzene rings is 5. The van der Waals surface area contributed by atoms with Gasteiger partial charge in [-0.2, -0.15) is 0 Å². The van der Waals surface area contributed by atoms with Gasteiger partial charge in [-0.15, -0.1) is 11.3 Å². The van der Waals surface area contributed by atoms with Crippen molar-refractivity contribution in [3.05, 3.63) is 122 Å². The summed E-state index contributed by atoms with van der Waals surface area (Å²) in [7, 11) is 0. The summed E-state index contributed by atoms with van der Waals surface area (Å²) in [5.41, 5.74) is 13.1. The predicted molar refractivity (Wildman–Crippen MR) is 183 cm³/mol. The van der Waals surface area contributed by atoms with Gasteiger partial charge in [-0.1, -0.05) is 82.9 Å². The molecule has 41 heavy (non-hydrogen) atoms. The van der Waals surface area contributed by atoms with E-state index in [9.17, 15) is 5.11 Å². The number of phenolic OH excluding ortho intramolecular Hbond substituents is 1. The summed E-state index contributed by atoms with van der Waals surface area (Å²) in [5.74, 6) is 0.211. The standard InChI is InChI=1S/C36H29IN2OS/c1-21-13-22(2)16-25(15-21)29-10-11-30(26-17-23(3)14-24(4)18-26)35-34(29)39-36(41-35)31-7-5-6-8-32(31)38-20-27-19-28(37)9-12-33(27)40/h5-20,40H,1-4H3. The molecule has 0 spiro atoms. The summed E-state index contributed by atoms with van der Waals surface area (Å²) >= 11 is 3.95. The highest BCUT2D eigenvalue weighted by Crippen LogP contribution is 2.44. The van der Waals surface area contributed by atoms with E-state index in [1.165, 1.54) is 38.9 Å². The number of phenols is 1. The molecule has 5 aromatic carbocycles. The largest absolute Gasteiger partial charge is 0.507 e. The van der Waals surface area contributed by atoms with Crippen LogP contribution < -0.4 is 0 Å². The van der Waals surface area contributed by atoms with Crippen LogP contribution in [0.3, 0.4) is 0 Å². The molecule has 0 amide bonds. The summed E-state index contributed by atoms with van der Waals surface area (Å²) in [4.78, 5) is 10.1. The summed E-state index contributed by atoms with van der Waals surface area (Å²) in [6, 6.07) is 31.5. The van der Waals surface area contributed by atoms with E-state index < -0.39 is 0 Å². The molecule has 0 atom stereocenters. The van der Waals surface area contributed by atoms with E-state index in [4.69, 9.17) is 9.98 Å². The molecular weight excluding hydrogens is 635 g/mol. The third-order valence-corrected chi connectivity index (χ3v) is 8.87. The first-order chi connectivity index (χ1) is 19.7. The van der Waals surface area contributed by atoms with Gasteiger partial charge in [0.1, 0.15) is 10.8 Å². The minimum atomic E-state index is 0.211. The second-order valence-electron chi connectivity index (χ2n) is 10.6. The maximum absolute atomic E-state index is 10.3. The number of aromatic nitrogens is 1. The number of aliphatic imine (C=N–C) groups is 1. The second-order valence-corrected chi connectivity index (χ2v) is 12.8. The minimum absolute atomic E-state index is 0.211. The topological polar surface area (TPSA) is 45.5 Å². The van der Waals surface area contributed by atoms with Gasteiger partial charge in [-0.05, 0) is 91.7 Å². The highest BCUT2D eigenvalue weighted by molar-refractivity contribution is 14.1. The van der Waals surface area contributed by atoms with Gasteiger partial charge >= 0.3 is 0 Å². The molecule has 6 aromatic rings. The zero-order chi connectivity index (χ0) is 28.7. The molecule has 0 aliphatic rings. The van der Waals surface area contributed by atoms with Crippen LogP contribution in [0.1, 0.15) is 27.8 Å². The first kappa shape index (κ1) is 27.4. The molecule has 5 heteroatoms. The number of halogens is 1. The number of thiazole rings is 1. The monoisotopic (exact) mass is 664 g/mol. The van der Waals surface area contributed by atoms with Gasteiger partial charge in [0.05, 0.1) is 15.9 Å². The lowest BCUT2D eigenvalue weighted by Crippen LogP contribution is -1.88. The lowest BCUT2D eigenvalue weighted by molar-refractivity contribution is 0.474. The molecule has 0 aliphatic carbocycles. The molecule has 6 rings (SSSR count). The maximum Gasteiger partial charge on any atom is 0.126 e. The first-order valence-corrected chi connectivity index (χ1v) is 15.4. The van der Waals surface area contributed by atoms with Gasteiger partial charge in [0.15, 0.2) is 0 Å². The summed E-state index contributed by atoms with van der Waals surface area (Å²) in [6.45, 7) is 8.58. The van der Waals surface area contributed by atoms with Crippen molar-refractivity contribution in [1.29, 1.82) is 0 Å². The van der Waals surface area contributed by atoms with Crippen LogP contribution in [0, 0.1) is 31.3 Å². The maximum atomic E-state index is 10.3. The molecule has 1 N–H and O–H groups in total. The number of para-hydroxylation sites is 1. The molecule has 0 bridgehead atoms. The van der Waals surface area contributed by atoms with Crippen molar-refractivity contribution in [2.75, 3.05) is 0 Å². The van der Waals surface area contributed by atoms with Gasteiger partial charge in [0, 0.05) is 32.0 Å². The molecule has 1 heterocycles. The van der Waals surface area contributed by atoms with Gasteiger partial charge in [0.2, 0.25) is 0 Å². The van der Waals surface area contributed by atoms with Crippen molar-refractivity contribution in [3.8, 4) is 38.6 Å². The first-order valence-electron chi connectivity index (χ1n) is 13.5. The van der Waals surface area contributed by atoms with Crippen LogP contribution in [0.25, 0.3) is 43.0 Å². The second kappa shape index (κ2) is 11.2. The van der Waals surface area contributed by atoms with E-state index in [2.05, 4.69) is 105 Å². The Morgan fingerprint density at radius 1 is 0.707 bits per heavy atom. The average molecular weight is 665 g/mol. The third-order valence-electron chi connectivity index (χ3n) is 7.08. The normalized spacial score (nSPS) is 11.5. The van der Waals surface area contributed by atoms with Crippen molar-refractivity contribution in [1.82, 2.24) is 4.98 Å². The van der Waals surface area contributed by atoms with E-state index in [-0.39, 0.29) is 5.75 Å². The molecule has 0 saturated heterocycles. The van der Waals surface area contributed by atoms with E-state index in [1.54, 1.807) is 23.6 Å².